The van der Waals surface area contributed by atoms with Crippen molar-refractivity contribution in [1.29, 1.82) is 0 Å². The molecule has 104 valence electrons. The first-order valence-corrected chi connectivity index (χ1v) is 6.51. The van der Waals surface area contributed by atoms with Crippen molar-refractivity contribution in [3.8, 4) is 0 Å². The highest BCUT2D eigenvalue weighted by atomic mass is 16.5. The Balaban J connectivity index is 3.25. The van der Waals surface area contributed by atoms with Crippen LogP contribution in [0.15, 0.2) is 24.8 Å². The Morgan fingerprint density at radius 2 is 1.84 bits per heavy atom. The van der Waals surface area contributed by atoms with E-state index in [2.05, 4.69) is 6.58 Å². The summed E-state index contributed by atoms with van der Waals surface area (Å²) < 4.78 is 0. The largest absolute Gasteiger partial charge is 0.285 e. The third kappa shape index (κ3) is 2.87. The van der Waals surface area contributed by atoms with Crippen molar-refractivity contribution in [2.45, 2.75) is 46.6 Å². The van der Waals surface area contributed by atoms with E-state index in [1.165, 1.54) is 0 Å². The average molecular weight is 261 g/mol. The fourth-order valence-electron chi connectivity index (χ4n) is 2.24. The summed E-state index contributed by atoms with van der Waals surface area (Å²) in [6.45, 7) is 13.2. The number of hydroxylamine groups is 2. The van der Waals surface area contributed by atoms with E-state index in [4.69, 9.17) is 0 Å². The van der Waals surface area contributed by atoms with E-state index >= 15 is 0 Å². The van der Waals surface area contributed by atoms with Crippen molar-refractivity contribution in [1.82, 2.24) is 5.06 Å². The lowest BCUT2D eigenvalue weighted by molar-refractivity contribution is -0.111. The standard InChI is InChI=1S/C16H23NO2/c1-7-16(6,8-2)17(19)15(18)14-12(4)9-11(3)10-13(14)5/h7,9-10,19H,1,8H2,2-6H3. The summed E-state index contributed by atoms with van der Waals surface area (Å²) in [5.41, 5.74) is 2.68. The molecule has 0 aliphatic heterocycles. The maximum Gasteiger partial charge on any atom is 0.278 e. The minimum Gasteiger partial charge on any atom is -0.285 e. The number of amides is 1. The topological polar surface area (TPSA) is 40.5 Å². The molecule has 1 atom stereocenters. The van der Waals surface area contributed by atoms with Crippen LogP contribution in [-0.4, -0.2) is 21.7 Å². The molecule has 3 heteroatoms. The van der Waals surface area contributed by atoms with E-state index in [1.807, 2.05) is 39.8 Å². The fourth-order valence-corrected chi connectivity index (χ4v) is 2.24. The quantitative estimate of drug-likeness (QED) is 0.509. The predicted molar refractivity (Wildman–Crippen MR) is 77.5 cm³/mol. The van der Waals surface area contributed by atoms with Crippen molar-refractivity contribution in [3.05, 3.63) is 47.0 Å². The van der Waals surface area contributed by atoms with Crippen LogP contribution >= 0.6 is 0 Å². The summed E-state index contributed by atoms with van der Waals surface area (Å²) >= 11 is 0. The molecule has 0 fully saturated rings. The Morgan fingerprint density at radius 3 is 2.21 bits per heavy atom. The first kappa shape index (κ1) is 15.4. The molecule has 1 aromatic carbocycles. The zero-order chi connectivity index (χ0) is 14.8. The molecule has 0 aromatic heterocycles. The zero-order valence-corrected chi connectivity index (χ0v) is 12.4. The minimum atomic E-state index is -0.749. The minimum absolute atomic E-state index is 0.376. The third-order valence-corrected chi connectivity index (χ3v) is 3.72. The van der Waals surface area contributed by atoms with E-state index in [-0.39, 0.29) is 5.91 Å². The van der Waals surface area contributed by atoms with Gasteiger partial charge in [0.05, 0.1) is 5.54 Å². The predicted octanol–water partition coefficient (Wildman–Crippen LogP) is 3.80. The number of carbonyl (C=O) groups is 1. The van der Waals surface area contributed by atoms with E-state index in [9.17, 15) is 10.0 Å². The molecule has 0 spiro atoms. The van der Waals surface area contributed by atoms with Gasteiger partial charge in [-0.3, -0.25) is 10.0 Å². The van der Waals surface area contributed by atoms with Crippen molar-refractivity contribution in [2.75, 3.05) is 0 Å². The Bertz CT molecular complexity index is 484. The van der Waals surface area contributed by atoms with Crippen LogP contribution in [0.2, 0.25) is 0 Å². The number of rotatable bonds is 4. The van der Waals surface area contributed by atoms with Crippen molar-refractivity contribution < 1.29 is 10.0 Å². The second-order valence-electron chi connectivity index (χ2n) is 5.31. The van der Waals surface area contributed by atoms with Gasteiger partial charge in [-0.05, 0) is 45.2 Å². The van der Waals surface area contributed by atoms with Gasteiger partial charge in [0.15, 0.2) is 0 Å². The van der Waals surface area contributed by atoms with E-state index in [0.717, 1.165) is 21.8 Å². The lowest BCUT2D eigenvalue weighted by Crippen LogP contribution is -2.46. The van der Waals surface area contributed by atoms with Gasteiger partial charge in [0.1, 0.15) is 0 Å². The molecule has 19 heavy (non-hydrogen) atoms. The first-order valence-electron chi connectivity index (χ1n) is 6.51. The molecule has 1 aromatic rings. The summed E-state index contributed by atoms with van der Waals surface area (Å²) in [6, 6.07) is 3.90. The number of nitrogens with zero attached hydrogens (tertiary/aromatic N) is 1. The number of aryl methyl sites for hydroxylation is 3. The van der Waals surface area contributed by atoms with Gasteiger partial charge in [-0.1, -0.05) is 30.7 Å². The van der Waals surface area contributed by atoms with Gasteiger partial charge in [0.25, 0.3) is 5.91 Å². The highest BCUT2D eigenvalue weighted by molar-refractivity contribution is 5.97. The Kier molecular flexibility index (Phi) is 4.53. The average Bonchev–Trinajstić information content (AvgIpc) is 2.35. The van der Waals surface area contributed by atoms with Gasteiger partial charge in [-0.2, -0.15) is 0 Å². The van der Waals surface area contributed by atoms with Gasteiger partial charge in [-0.25, -0.2) is 5.06 Å². The van der Waals surface area contributed by atoms with E-state index in [1.54, 1.807) is 13.0 Å². The molecule has 0 saturated carbocycles. The molecule has 0 saturated heterocycles. The van der Waals surface area contributed by atoms with Gasteiger partial charge >= 0.3 is 0 Å². The maximum absolute atomic E-state index is 12.5. The normalized spacial score (nSPS) is 13.8. The van der Waals surface area contributed by atoms with Crippen molar-refractivity contribution in [3.63, 3.8) is 0 Å². The Hall–Kier alpha value is -1.61. The van der Waals surface area contributed by atoms with Gasteiger partial charge in [-0.15, -0.1) is 6.58 Å². The van der Waals surface area contributed by atoms with Crippen LogP contribution in [0.4, 0.5) is 0 Å². The zero-order valence-electron chi connectivity index (χ0n) is 12.4. The molecule has 1 rings (SSSR count). The first-order chi connectivity index (χ1) is 8.76. The second-order valence-corrected chi connectivity index (χ2v) is 5.31. The molecule has 0 bridgehead atoms. The number of benzene rings is 1. The van der Waals surface area contributed by atoms with E-state index < -0.39 is 5.54 Å². The molecule has 0 aliphatic rings. The molecular formula is C16H23NO2. The van der Waals surface area contributed by atoms with Crippen LogP contribution in [0, 0.1) is 20.8 Å². The van der Waals surface area contributed by atoms with Crippen molar-refractivity contribution >= 4 is 5.91 Å². The Labute approximate surface area is 115 Å². The molecule has 0 heterocycles. The van der Waals surface area contributed by atoms with Crippen LogP contribution in [0.5, 0.6) is 0 Å². The number of hydrogen-bond donors (Lipinski definition) is 1. The summed E-state index contributed by atoms with van der Waals surface area (Å²) in [5, 5.41) is 11.0. The van der Waals surface area contributed by atoms with Crippen LogP contribution in [0.3, 0.4) is 0 Å². The van der Waals surface area contributed by atoms with E-state index in [0.29, 0.717) is 12.0 Å². The van der Waals surface area contributed by atoms with Crippen LogP contribution in [0.25, 0.3) is 0 Å². The van der Waals surface area contributed by atoms with Gasteiger partial charge in [0, 0.05) is 5.56 Å². The highest BCUT2D eigenvalue weighted by Gasteiger charge is 2.32. The van der Waals surface area contributed by atoms with Gasteiger partial charge in [0.2, 0.25) is 0 Å². The monoisotopic (exact) mass is 261 g/mol. The molecule has 0 aliphatic carbocycles. The molecule has 3 nitrogen and oxygen atoms in total. The molecule has 0 radical (unpaired) electrons. The Morgan fingerprint density at radius 1 is 1.37 bits per heavy atom. The lowest BCUT2D eigenvalue weighted by Gasteiger charge is -2.33. The molecular weight excluding hydrogens is 238 g/mol. The van der Waals surface area contributed by atoms with Crippen LogP contribution in [0.1, 0.15) is 47.3 Å². The summed E-state index contributed by atoms with van der Waals surface area (Å²) in [6.07, 6.45) is 2.20. The summed E-state index contributed by atoms with van der Waals surface area (Å²) in [4.78, 5) is 12.5. The highest BCUT2D eigenvalue weighted by Crippen LogP contribution is 2.24. The van der Waals surface area contributed by atoms with Crippen LogP contribution in [-0.2, 0) is 0 Å². The SMILES string of the molecule is C=CC(C)(CC)N(O)C(=O)c1c(C)cc(C)cc1C. The summed E-state index contributed by atoms with van der Waals surface area (Å²) in [7, 11) is 0. The van der Waals surface area contributed by atoms with Gasteiger partial charge < -0.3 is 0 Å². The molecule has 1 unspecified atom stereocenters. The molecule has 1 amide bonds. The van der Waals surface area contributed by atoms with Crippen molar-refractivity contribution in [2.24, 2.45) is 0 Å². The smallest absolute Gasteiger partial charge is 0.278 e. The summed E-state index contributed by atoms with van der Waals surface area (Å²) in [5.74, 6) is -0.376. The lowest BCUT2D eigenvalue weighted by atomic mass is 9.95. The third-order valence-electron chi connectivity index (χ3n) is 3.72. The maximum atomic E-state index is 12.5. The van der Waals surface area contributed by atoms with Crippen LogP contribution < -0.4 is 0 Å². The fraction of sp³-hybridized carbons (Fsp3) is 0.438. The number of carbonyl (C=O) groups excluding carboxylic acids is 1. The number of hydrogen-bond acceptors (Lipinski definition) is 2. The second kappa shape index (κ2) is 5.57. The molecule has 1 N–H and O–H groups in total.